The summed E-state index contributed by atoms with van der Waals surface area (Å²) in [4.78, 5) is 53.5. The Morgan fingerprint density at radius 3 is 1.41 bits per heavy atom. The summed E-state index contributed by atoms with van der Waals surface area (Å²) in [5.74, 6) is -0.307. The minimum absolute atomic E-state index is 0.157. The SMILES string of the molecule is CC[Si](CC)(CC)OC(CCNC(=O)OC(C)(C)C)CN(CC(CNC(=O)[C@@H](N)CCCCNC(=O)OC(C)(C)C)O[Si](CC)(CC)CC)C(=O)OC(C)(C)C. The third-order valence-corrected chi connectivity index (χ3v) is 19.2. The number of nitrogens with two attached hydrogens (primary N) is 1. The molecule has 330 valence electrons. The van der Waals surface area contributed by atoms with Gasteiger partial charge in [0.2, 0.25) is 5.91 Å². The fourth-order valence-electron chi connectivity index (χ4n) is 6.20. The maximum absolute atomic E-state index is 14.0. The maximum atomic E-state index is 14.0. The van der Waals surface area contributed by atoms with Crippen LogP contribution < -0.4 is 21.7 Å². The maximum Gasteiger partial charge on any atom is 0.410 e. The molecule has 0 fully saturated rings. The van der Waals surface area contributed by atoms with Gasteiger partial charge in [0, 0.05) is 26.2 Å². The van der Waals surface area contributed by atoms with E-state index in [1.54, 1.807) is 4.90 Å². The number of nitrogens with zero attached hydrogens (tertiary/aromatic N) is 1. The van der Waals surface area contributed by atoms with Gasteiger partial charge in [0.15, 0.2) is 16.6 Å². The molecule has 0 aliphatic heterocycles. The van der Waals surface area contributed by atoms with E-state index in [4.69, 9.17) is 28.8 Å². The molecule has 0 aliphatic carbocycles. The number of ether oxygens (including phenoxy) is 3. The van der Waals surface area contributed by atoms with Gasteiger partial charge in [-0.15, -0.1) is 0 Å². The zero-order valence-electron chi connectivity index (χ0n) is 38.0. The first-order valence-corrected chi connectivity index (χ1v) is 26.2. The van der Waals surface area contributed by atoms with Crippen LogP contribution in [0, 0.1) is 0 Å². The molecule has 4 amide bonds. The molecule has 0 aromatic carbocycles. The van der Waals surface area contributed by atoms with Crippen LogP contribution in [-0.4, -0.2) is 113 Å². The van der Waals surface area contributed by atoms with E-state index >= 15 is 0 Å². The van der Waals surface area contributed by atoms with E-state index in [1.165, 1.54) is 0 Å². The molecule has 0 radical (unpaired) electrons. The van der Waals surface area contributed by atoms with Crippen molar-refractivity contribution >= 4 is 40.8 Å². The Hall–Kier alpha value is -2.41. The van der Waals surface area contributed by atoms with Gasteiger partial charge < -0.3 is 49.6 Å². The standard InChI is InChI=1S/C40H83N5O9Si2/c1-16-55(17-2,18-3)53-31(25-27-43-36(48)51-39(10,11)12)29-45(37(49)52-40(13,14)15)30-32(54-56(19-4,20-5)21-6)28-44-34(46)33(41)24-22-23-26-42-35(47)50-38(7,8)9/h31-33H,16-30,41H2,1-15H3,(H,42,47)(H,43,48)(H,44,46)/t31?,32?,33-/m0/s1. The number of rotatable bonds is 25. The molecule has 0 saturated heterocycles. The number of carbonyl (C=O) groups excluding carboxylic acids is 4. The Morgan fingerprint density at radius 1 is 0.571 bits per heavy atom. The predicted octanol–water partition coefficient (Wildman–Crippen LogP) is 8.06. The van der Waals surface area contributed by atoms with Crippen molar-refractivity contribution < 1.29 is 42.2 Å². The number of hydrogen-bond donors (Lipinski definition) is 4. The van der Waals surface area contributed by atoms with Crippen LogP contribution in [0.1, 0.15) is 130 Å². The second-order valence-corrected chi connectivity index (χ2v) is 27.3. The van der Waals surface area contributed by atoms with Crippen LogP contribution in [0.5, 0.6) is 0 Å². The fourth-order valence-corrected chi connectivity index (χ4v) is 12.0. The van der Waals surface area contributed by atoms with Crippen LogP contribution in [-0.2, 0) is 27.9 Å². The van der Waals surface area contributed by atoms with E-state index in [2.05, 4.69) is 57.5 Å². The van der Waals surface area contributed by atoms with E-state index in [-0.39, 0.29) is 25.5 Å². The highest BCUT2D eigenvalue weighted by Gasteiger charge is 2.37. The van der Waals surface area contributed by atoms with Crippen molar-refractivity contribution in [3.8, 4) is 0 Å². The summed E-state index contributed by atoms with van der Waals surface area (Å²) in [6.45, 7) is 30.5. The number of nitrogens with one attached hydrogen (secondary N) is 3. The van der Waals surface area contributed by atoms with Gasteiger partial charge in [0.1, 0.15) is 16.8 Å². The number of amides is 4. The lowest BCUT2D eigenvalue weighted by Crippen LogP contribution is -2.54. The Balaban J connectivity index is 6.29. The highest BCUT2D eigenvalue weighted by Crippen LogP contribution is 2.27. The van der Waals surface area contributed by atoms with E-state index in [1.807, 2.05) is 62.3 Å². The van der Waals surface area contributed by atoms with Crippen LogP contribution in [0.2, 0.25) is 36.3 Å². The average Bonchev–Trinajstić information content (AvgIpc) is 3.08. The second kappa shape index (κ2) is 25.2. The van der Waals surface area contributed by atoms with Crippen molar-refractivity contribution in [3.05, 3.63) is 0 Å². The fraction of sp³-hybridized carbons (Fsp3) is 0.900. The monoisotopic (exact) mass is 834 g/mol. The molecule has 5 N–H and O–H groups in total. The first kappa shape index (κ1) is 53.6. The Labute approximate surface area is 342 Å². The Bertz CT molecular complexity index is 1150. The minimum Gasteiger partial charge on any atom is -0.444 e. The molecular weight excluding hydrogens is 751 g/mol. The zero-order valence-corrected chi connectivity index (χ0v) is 40.0. The first-order chi connectivity index (χ1) is 25.8. The third kappa shape index (κ3) is 23.1. The van der Waals surface area contributed by atoms with Crippen molar-refractivity contribution in [1.82, 2.24) is 20.9 Å². The summed E-state index contributed by atoms with van der Waals surface area (Å²) < 4.78 is 30.7. The third-order valence-electron chi connectivity index (χ3n) is 9.78. The van der Waals surface area contributed by atoms with Gasteiger partial charge in [-0.1, -0.05) is 41.5 Å². The smallest absolute Gasteiger partial charge is 0.410 e. The topological polar surface area (TPSA) is 180 Å². The van der Waals surface area contributed by atoms with Crippen LogP contribution in [0.4, 0.5) is 14.4 Å². The molecule has 0 aromatic heterocycles. The zero-order chi connectivity index (χ0) is 43.4. The normalized spacial score (nSPS) is 14.3. The quantitative estimate of drug-likeness (QED) is 0.0399. The number of carbonyl (C=O) groups is 4. The van der Waals surface area contributed by atoms with Gasteiger partial charge in [-0.2, -0.15) is 0 Å². The predicted molar refractivity (Wildman–Crippen MR) is 230 cm³/mol. The van der Waals surface area contributed by atoms with E-state index in [9.17, 15) is 19.2 Å². The molecule has 0 saturated carbocycles. The largest absolute Gasteiger partial charge is 0.444 e. The Kier molecular flexibility index (Phi) is 24.1. The number of unbranched alkanes of at least 4 members (excludes halogenated alkanes) is 1. The van der Waals surface area contributed by atoms with E-state index in [0.717, 1.165) is 36.3 Å². The van der Waals surface area contributed by atoms with Crippen LogP contribution in [0.3, 0.4) is 0 Å². The van der Waals surface area contributed by atoms with Crippen molar-refractivity contribution in [3.63, 3.8) is 0 Å². The lowest BCUT2D eigenvalue weighted by Gasteiger charge is -2.39. The summed E-state index contributed by atoms with van der Waals surface area (Å²) in [5.41, 5.74) is 4.36. The molecule has 0 aromatic rings. The van der Waals surface area contributed by atoms with E-state index in [0.29, 0.717) is 38.8 Å². The van der Waals surface area contributed by atoms with Crippen LogP contribution in [0.25, 0.3) is 0 Å². The molecule has 0 aliphatic rings. The molecule has 3 atom stereocenters. The molecule has 0 spiro atoms. The summed E-state index contributed by atoms with van der Waals surface area (Å²) in [6.07, 6.45) is -0.258. The number of hydrogen-bond acceptors (Lipinski definition) is 10. The summed E-state index contributed by atoms with van der Waals surface area (Å²) in [5, 5.41) is 8.61. The van der Waals surface area contributed by atoms with Gasteiger partial charge >= 0.3 is 18.3 Å². The van der Waals surface area contributed by atoms with Gasteiger partial charge in [0.25, 0.3) is 0 Å². The molecule has 0 heterocycles. The highest BCUT2D eigenvalue weighted by molar-refractivity contribution is 6.74. The number of alkyl carbamates (subject to hydrolysis) is 2. The molecule has 0 rings (SSSR count). The summed E-state index contributed by atoms with van der Waals surface area (Å²) in [6, 6.07) is 4.64. The Morgan fingerprint density at radius 2 is 0.982 bits per heavy atom. The molecule has 14 nitrogen and oxygen atoms in total. The van der Waals surface area contributed by atoms with Crippen LogP contribution >= 0.6 is 0 Å². The average molecular weight is 834 g/mol. The molecule has 16 heteroatoms. The van der Waals surface area contributed by atoms with Gasteiger partial charge in [0.05, 0.1) is 24.8 Å². The van der Waals surface area contributed by atoms with Crippen molar-refractivity contribution in [2.24, 2.45) is 5.73 Å². The lowest BCUT2D eigenvalue weighted by molar-refractivity contribution is -0.123. The minimum atomic E-state index is -2.22. The van der Waals surface area contributed by atoms with Gasteiger partial charge in [-0.25, -0.2) is 14.4 Å². The van der Waals surface area contributed by atoms with Gasteiger partial charge in [-0.3, -0.25) is 4.79 Å². The van der Waals surface area contributed by atoms with Crippen molar-refractivity contribution in [2.75, 3.05) is 32.7 Å². The molecule has 56 heavy (non-hydrogen) atoms. The molecule has 0 bridgehead atoms. The van der Waals surface area contributed by atoms with Crippen molar-refractivity contribution in [1.29, 1.82) is 0 Å². The molecule has 2 unspecified atom stereocenters. The molecular formula is C40H83N5O9Si2. The lowest BCUT2D eigenvalue weighted by atomic mass is 10.1. The van der Waals surface area contributed by atoms with Gasteiger partial charge in [-0.05, 0) is 124 Å². The van der Waals surface area contributed by atoms with Crippen molar-refractivity contribution in [2.45, 2.75) is 201 Å². The second-order valence-electron chi connectivity index (χ2n) is 17.8. The summed E-state index contributed by atoms with van der Waals surface area (Å²) >= 11 is 0. The first-order valence-electron chi connectivity index (χ1n) is 21.1. The van der Waals surface area contributed by atoms with E-state index < -0.39 is 70.0 Å². The summed E-state index contributed by atoms with van der Waals surface area (Å²) in [7, 11) is -4.38. The highest BCUT2D eigenvalue weighted by atomic mass is 28.4. The van der Waals surface area contributed by atoms with Crippen LogP contribution in [0.15, 0.2) is 0 Å².